The highest BCUT2D eigenvalue weighted by molar-refractivity contribution is 5.99. The summed E-state index contributed by atoms with van der Waals surface area (Å²) >= 11 is 0. The predicted molar refractivity (Wildman–Crippen MR) is 245 cm³/mol. The fourth-order valence-corrected chi connectivity index (χ4v) is 7.53. The first-order valence-corrected chi connectivity index (χ1v) is 22.7. The van der Waals surface area contributed by atoms with Crippen LogP contribution in [0, 0.1) is 11.8 Å². The van der Waals surface area contributed by atoms with Gasteiger partial charge in [0.2, 0.25) is 0 Å². The summed E-state index contributed by atoms with van der Waals surface area (Å²) in [5.74, 6) is -0.797. The van der Waals surface area contributed by atoms with E-state index < -0.39 is 11.9 Å². The third-order valence-electron chi connectivity index (χ3n) is 11.4. The summed E-state index contributed by atoms with van der Waals surface area (Å²) in [7, 11) is 0. The maximum Gasteiger partial charge on any atom is 0.335 e. The van der Waals surface area contributed by atoms with Crippen LogP contribution in [-0.2, 0) is 0 Å². The van der Waals surface area contributed by atoms with Crippen molar-refractivity contribution >= 4 is 23.5 Å². The van der Waals surface area contributed by atoms with Crippen LogP contribution in [-0.4, -0.2) is 40.3 Å². The molecule has 7 heteroatoms. The van der Waals surface area contributed by atoms with Gasteiger partial charge >= 0.3 is 11.9 Å². The molecule has 0 aliphatic rings. The third kappa shape index (κ3) is 18.5. The lowest BCUT2D eigenvalue weighted by atomic mass is 9.89. The fourth-order valence-electron chi connectivity index (χ4n) is 7.53. The van der Waals surface area contributed by atoms with E-state index in [0.29, 0.717) is 11.1 Å². The van der Waals surface area contributed by atoms with Crippen LogP contribution in [0.1, 0.15) is 184 Å². The van der Waals surface area contributed by atoms with Gasteiger partial charge in [-0.3, -0.25) is 9.59 Å². The van der Waals surface area contributed by atoms with E-state index in [9.17, 15) is 19.2 Å². The average molecular weight is 819 g/mol. The molecular weight excluding hydrogens is 749 g/mol. The number of aromatic carboxylic acids is 2. The number of carbonyl (C=O) groups excluding carboxylic acids is 2. The molecule has 7 nitrogen and oxygen atoms in total. The topological polar surface area (TPSA) is 118 Å². The monoisotopic (exact) mass is 819 g/mol. The molecular formula is C53H70O7. The van der Waals surface area contributed by atoms with Gasteiger partial charge in [0.15, 0.2) is 11.6 Å². The lowest BCUT2D eigenvalue weighted by Crippen LogP contribution is -2.14. The van der Waals surface area contributed by atoms with Crippen molar-refractivity contribution in [3.8, 4) is 16.9 Å². The molecule has 2 unspecified atom stereocenters. The molecule has 0 saturated heterocycles. The molecule has 0 aliphatic heterocycles. The smallest absolute Gasteiger partial charge is 0.335 e. The van der Waals surface area contributed by atoms with E-state index in [1.165, 1.54) is 99.6 Å². The van der Waals surface area contributed by atoms with E-state index in [4.69, 9.17) is 14.9 Å². The van der Waals surface area contributed by atoms with Crippen molar-refractivity contribution in [3.05, 3.63) is 125 Å². The Bertz CT molecular complexity index is 1710. The van der Waals surface area contributed by atoms with E-state index in [0.717, 1.165) is 70.1 Å². The van der Waals surface area contributed by atoms with Gasteiger partial charge in [0.25, 0.3) is 0 Å². The molecule has 0 spiro atoms. The highest BCUT2D eigenvalue weighted by Crippen LogP contribution is 2.24. The number of rotatable bonds is 29. The number of ketones is 2. The highest BCUT2D eigenvalue weighted by Gasteiger charge is 2.19. The number of ether oxygens (including phenoxy) is 1. The van der Waals surface area contributed by atoms with Crippen molar-refractivity contribution in [1.82, 2.24) is 0 Å². The Hall–Kier alpha value is -5.04. The lowest BCUT2D eigenvalue weighted by Gasteiger charge is -2.14. The lowest BCUT2D eigenvalue weighted by molar-refractivity contribution is 0.0686. The number of benzene rings is 4. The molecule has 0 saturated carbocycles. The van der Waals surface area contributed by atoms with E-state index in [-0.39, 0.29) is 34.5 Å². The van der Waals surface area contributed by atoms with Crippen LogP contribution in [0.15, 0.2) is 103 Å². The zero-order valence-corrected chi connectivity index (χ0v) is 36.5. The number of unbranched alkanes of at least 4 members (excludes halogenated alkanes) is 13. The molecule has 4 rings (SSSR count). The molecule has 324 valence electrons. The second-order valence-electron chi connectivity index (χ2n) is 16.0. The SMILES string of the molecule is CCC(CCCCCCCCCCCC(CC)C(=O)c1ccc(C(=O)O)cc1)C(=O)c1ccc(C(=O)O)cc1.CCCCCCCCOc1ccc(-c2ccccc2)cc1. The number of hydrogen-bond donors (Lipinski definition) is 2. The van der Waals surface area contributed by atoms with Crippen LogP contribution in [0.3, 0.4) is 0 Å². The van der Waals surface area contributed by atoms with Crippen LogP contribution in [0.5, 0.6) is 5.75 Å². The van der Waals surface area contributed by atoms with Gasteiger partial charge in [0.05, 0.1) is 17.7 Å². The number of carbonyl (C=O) groups is 4. The Morgan fingerprint density at radius 1 is 0.433 bits per heavy atom. The first kappa shape index (κ1) is 49.3. The standard InChI is InChI=1S/C33H44O6.C20H26O/c1-3-24(30(34)26-16-20-28(21-17-26)32(36)37)14-12-10-8-6-5-7-9-11-13-15-25(4-2)31(35)27-18-22-29(23-19-27)33(38)39;1-2-3-4-5-6-10-17-21-20-15-13-19(14-16-20)18-11-8-7-9-12-18/h16-25H,3-15H2,1-2H3,(H,36,37)(H,38,39);7-9,11-16H,2-6,10,17H2,1H3. The summed E-state index contributed by atoms with van der Waals surface area (Å²) in [5.41, 5.74) is 4.07. The molecule has 60 heavy (non-hydrogen) atoms. The minimum Gasteiger partial charge on any atom is -0.494 e. The van der Waals surface area contributed by atoms with Crippen molar-refractivity contribution in [2.24, 2.45) is 11.8 Å². The zero-order valence-electron chi connectivity index (χ0n) is 36.5. The zero-order chi connectivity index (χ0) is 43.4. The van der Waals surface area contributed by atoms with Gasteiger partial charge in [-0.05, 0) is 79.6 Å². The van der Waals surface area contributed by atoms with E-state index in [1.807, 2.05) is 19.9 Å². The Balaban J connectivity index is 0.000000383. The first-order chi connectivity index (χ1) is 29.2. The number of carboxylic acids is 2. The molecule has 2 N–H and O–H groups in total. The molecule has 0 aromatic heterocycles. The number of Topliss-reactive ketones (excluding diaryl/α,β-unsaturated/α-hetero) is 2. The van der Waals surface area contributed by atoms with Crippen molar-refractivity contribution in [1.29, 1.82) is 0 Å². The molecule has 0 fully saturated rings. The Labute approximate surface area is 360 Å². The van der Waals surface area contributed by atoms with E-state index >= 15 is 0 Å². The minimum absolute atomic E-state index is 0.0105. The number of carboxylic acid groups (broad SMARTS) is 2. The van der Waals surface area contributed by atoms with Crippen LogP contribution in [0.25, 0.3) is 11.1 Å². The second kappa shape index (κ2) is 29.2. The van der Waals surface area contributed by atoms with E-state index in [2.05, 4.69) is 55.5 Å². The van der Waals surface area contributed by atoms with Crippen LogP contribution >= 0.6 is 0 Å². The normalized spacial score (nSPS) is 11.8. The van der Waals surface area contributed by atoms with Crippen molar-refractivity contribution in [2.45, 2.75) is 143 Å². The molecule has 2 atom stereocenters. The predicted octanol–water partition coefficient (Wildman–Crippen LogP) is 14.6. The van der Waals surface area contributed by atoms with Gasteiger partial charge in [-0.1, -0.05) is 177 Å². The van der Waals surface area contributed by atoms with Crippen LogP contribution in [0.4, 0.5) is 0 Å². The largest absolute Gasteiger partial charge is 0.494 e. The number of hydrogen-bond acceptors (Lipinski definition) is 5. The summed E-state index contributed by atoms with van der Waals surface area (Å²) < 4.78 is 5.80. The summed E-state index contributed by atoms with van der Waals surface area (Å²) in [6.45, 7) is 7.15. The van der Waals surface area contributed by atoms with Crippen LogP contribution < -0.4 is 4.74 Å². The Kier molecular flexibility index (Phi) is 24.0. The fraction of sp³-hybridized carbons (Fsp3) is 0.472. The van der Waals surface area contributed by atoms with E-state index in [1.54, 1.807) is 24.3 Å². The molecule has 0 heterocycles. The molecule has 0 radical (unpaired) electrons. The second-order valence-corrected chi connectivity index (χ2v) is 16.0. The quantitative estimate of drug-likeness (QED) is 0.0414. The third-order valence-corrected chi connectivity index (χ3v) is 11.4. The van der Waals surface area contributed by atoms with Gasteiger partial charge in [0.1, 0.15) is 5.75 Å². The van der Waals surface area contributed by atoms with Gasteiger partial charge < -0.3 is 14.9 Å². The van der Waals surface area contributed by atoms with Crippen molar-refractivity contribution < 1.29 is 34.1 Å². The highest BCUT2D eigenvalue weighted by atomic mass is 16.5. The maximum atomic E-state index is 12.8. The summed E-state index contributed by atoms with van der Waals surface area (Å²) in [6, 6.07) is 31.3. The molecule has 0 amide bonds. The van der Waals surface area contributed by atoms with Gasteiger partial charge in [-0.25, -0.2) is 9.59 Å². The molecule has 0 bridgehead atoms. The summed E-state index contributed by atoms with van der Waals surface area (Å²) in [6.07, 6.45) is 21.4. The van der Waals surface area contributed by atoms with Gasteiger partial charge in [-0.15, -0.1) is 0 Å². The first-order valence-electron chi connectivity index (χ1n) is 22.7. The molecule has 4 aromatic rings. The maximum absolute atomic E-state index is 12.8. The summed E-state index contributed by atoms with van der Waals surface area (Å²) in [4.78, 5) is 47.5. The molecule has 0 aliphatic carbocycles. The average Bonchev–Trinajstić information content (AvgIpc) is 3.28. The minimum atomic E-state index is -0.985. The Morgan fingerprint density at radius 2 is 0.800 bits per heavy atom. The van der Waals surface area contributed by atoms with Crippen molar-refractivity contribution in [2.75, 3.05) is 6.61 Å². The summed E-state index contributed by atoms with van der Waals surface area (Å²) in [5, 5.41) is 18.0. The van der Waals surface area contributed by atoms with Crippen LogP contribution in [0.2, 0.25) is 0 Å². The van der Waals surface area contributed by atoms with Gasteiger partial charge in [0, 0.05) is 23.0 Å². The molecule has 4 aromatic carbocycles. The Morgan fingerprint density at radius 3 is 1.20 bits per heavy atom. The van der Waals surface area contributed by atoms with Gasteiger partial charge in [-0.2, -0.15) is 0 Å². The van der Waals surface area contributed by atoms with Crippen molar-refractivity contribution in [3.63, 3.8) is 0 Å².